The van der Waals surface area contributed by atoms with E-state index in [-0.39, 0.29) is 12.0 Å². The predicted molar refractivity (Wildman–Crippen MR) is 67.3 cm³/mol. The van der Waals surface area contributed by atoms with Gasteiger partial charge in [0.1, 0.15) is 5.75 Å². The number of hydrogen-bond acceptors (Lipinski definition) is 3. The van der Waals surface area contributed by atoms with Crippen LogP contribution in [-0.2, 0) is 11.2 Å². The second kappa shape index (κ2) is 4.75. The Kier molecular flexibility index (Phi) is 3.33. The van der Waals surface area contributed by atoms with Crippen LogP contribution < -0.4 is 15.4 Å². The Labute approximate surface area is 101 Å². The summed E-state index contributed by atoms with van der Waals surface area (Å²) < 4.78 is 5.67. The Bertz CT molecular complexity index is 431. The molecule has 1 aliphatic heterocycles. The van der Waals surface area contributed by atoms with E-state index in [1.54, 1.807) is 11.9 Å². The number of likely N-dealkylation sites (N-methyl/N-ethyl adjacent to an activating group) is 1. The highest BCUT2D eigenvalue weighted by Gasteiger charge is 2.30. The fraction of sp³-hybridized carbons (Fsp3) is 0.462. The molecule has 17 heavy (non-hydrogen) atoms. The molecule has 92 valence electrons. The topological polar surface area (TPSA) is 55.6 Å². The number of carbonyl (C=O) groups excluding carboxylic acids is 1. The van der Waals surface area contributed by atoms with Gasteiger partial charge in [-0.15, -0.1) is 0 Å². The molecule has 1 unspecified atom stereocenters. The number of amides is 1. The van der Waals surface area contributed by atoms with E-state index in [2.05, 4.69) is 0 Å². The summed E-state index contributed by atoms with van der Waals surface area (Å²) in [6.45, 7) is 2.55. The van der Waals surface area contributed by atoms with Crippen molar-refractivity contribution in [1.29, 1.82) is 0 Å². The molecule has 1 atom stereocenters. The first-order chi connectivity index (χ1) is 8.17. The van der Waals surface area contributed by atoms with Crippen molar-refractivity contribution in [2.45, 2.75) is 25.9 Å². The Morgan fingerprint density at radius 3 is 2.88 bits per heavy atom. The van der Waals surface area contributed by atoms with Crippen molar-refractivity contribution in [2.24, 2.45) is 5.73 Å². The third kappa shape index (κ3) is 2.13. The molecule has 0 fully saturated rings. The van der Waals surface area contributed by atoms with E-state index in [0.717, 1.165) is 23.4 Å². The minimum atomic E-state index is -0.354. The average Bonchev–Trinajstić information content (AvgIpc) is 2.34. The lowest BCUT2D eigenvalue weighted by atomic mass is 10.1. The van der Waals surface area contributed by atoms with Crippen LogP contribution in [0.25, 0.3) is 0 Å². The van der Waals surface area contributed by atoms with Crippen LogP contribution in [0.1, 0.15) is 18.9 Å². The van der Waals surface area contributed by atoms with Crippen molar-refractivity contribution >= 4 is 11.6 Å². The lowest BCUT2D eigenvalue weighted by molar-refractivity contribution is -0.126. The van der Waals surface area contributed by atoms with E-state index in [9.17, 15) is 4.79 Å². The summed E-state index contributed by atoms with van der Waals surface area (Å²) >= 11 is 0. The van der Waals surface area contributed by atoms with E-state index in [4.69, 9.17) is 10.5 Å². The highest BCUT2D eigenvalue weighted by atomic mass is 16.5. The third-order valence-corrected chi connectivity index (χ3v) is 3.06. The smallest absolute Gasteiger partial charge is 0.267 e. The van der Waals surface area contributed by atoms with Gasteiger partial charge in [0.2, 0.25) is 0 Å². The van der Waals surface area contributed by atoms with Crippen LogP contribution in [0.4, 0.5) is 5.69 Å². The number of nitrogens with two attached hydrogens (primary N) is 1. The maximum absolute atomic E-state index is 12.0. The number of rotatable bonds is 3. The molecule has 1 amide bonds. The highest BCUT2D eigenvalue weighted by Crippen LogP contribution is 2.34. The van der Waals surface area contributed by atoms with Crippen molar-refractivity contribution in [1.82, 2.24) is 0 Å². The van der Waals surface area contributed by atoms with Gasteiger partial charge in [-0.2, -0.15) is 0 Å². The number of hydrogen-bond donors (Lipinski definition) is 1. The van der Waals surface area contributed by atoms with Gasteiger partial charge in [-0.1, -0.05) is 13.0 Å². The SMILES string of the molecule is CCC1Oc2ccc(CCN)cc2N(C)C1=O. The Hall–Kier alpha value is -1.55. The normalized spacial score (nSPS) is 18.9. The zero-order valence-electron chi connectivity index (χ0n) is 10.3. The van der Waals surface area contributed by atoms with Gasteiger partial charge in [-0.25, -0.2) is 0 Å². The maximum atomic E-state index is 12.0. The lowest BCUT2D eigenvalue weighted by Crippen LogP contribution is -2.43. The molecule has 1 aromatic rings. The van der Waals surface area contributed by atoms with E-state index >= 15 is 0 Å². The number of fused-ring (bicyclic) bond motifs is 1. The molecule has 4 heteroatoms. The molecule has 0 aliphatic carbocycles. The molecule has 4 nitrogen and oxygen atoms in total. The standard InChI is InChI=1S/C13H18N2O2/c1-3-11-13(16)15(2)10-8-9(6-7-14)4-5-12(10)17-11/h4-5,8,11H,3,6-7,14H2,1-2H3. The van der Waals surface area contributed by atoms with Crippen molar-refractivity contribution in [3.05, 3.63) is 23.8 Å². The maximum Gasteiger partial charge on any atom is 0.267 e. The fourth-order valence-corrected chi connectivity index (χ4v) is 2.04. The Balaban J connectivity index is 2.35. The minimum absolute atomic E-state index is 0.0184. The monoisotopic (exact) mass is 234 g/mol. The zero-order chi connectivity index (χ0) is 12.4. The molecular formula is C13H18N2O2. The van der Waals surface area contributed by atoms with Crippen LogP contribution in [-0.4, -0.2) is 25.6 Å². The largest absolute Gasteiger partial charge is 0.478 e. The summed E-state index contributed by atoms with van der Waals surface area (Å²) in [6, 6.07) is 5.90. The zero-order valence-corrected chi connectivity index (χ0v) is 10.3. The molecule has 0 radical (unpaired) electrons. The third-order valence-electron chi connectivity index (χ3n) is 3.06. The Morgan fingerprint density at radius 1 is 1.47 bits per heavy atom. The molecule has 2 N–H and O–H groups in total. The first-order valence-electron chi connectivity index (χ1n) is 5.94. The van der Waals surface area contributed by atoms with E-state index in [1.807, 2.05) is 25.1 Å². The second-order valence-electron chi connectivity index (χ2n) is 4.25. The molecule has 0 bridgehead atoms. The van der Waals surface area contributed by atoms with Gasteiger partial charge in [0.05, 0.1) is 5.69 Å². The second-order valence-corrected chi connectivity index (χ2v) is 4.25. The van der Waals surface area contributed by atoms with Gasteiger partial charge in [0.25, 0.3) is 5.91 Å². The molecule has 0 saturated heterocycles. The minimum Gasteiger partial charge on any atom is -0.478 e. The number of nitrogens with zero attached hydrogens (tertiary/aromatic N) is 1. The lowest BCUT2D eigenvalue weighted by Gasteiger charge is -2.31. The first-order valence-corrected chi connectivity index (χ1v) is 5.94. The van der Waals surface area contributed by atoms with Gasteiger partial charge in [0.15, 0.2) is 6.10 Å². The summed E-state index contributed by atoms with van der Waals surface area (Å²) in [5.74, 6) is 0.796. The molecule has 1 aromatic carbocycles. The number of carbonyl (C=O) groups is 1. The summed E-state index contributed by atoms with van der Waals surface area (Å²) in [5, 5.41) is 0. The molecule has 0 spiro atoms. The molecule has 2 rings (SSSR count). The molecule has 1 aliphatic rings. The van der Waals surface area contributed by atoms with Crippen molar-refractivity contribution in [3.63, 3.8) is 0 Å². The van der Waals surface area contributed by atoms with E-state index in [0.29, 0.717) is 13.0 Å². The van der Waals surface area contributed by atoms with Gasteiger partial charge < -0.3 is 15.4 Å². The van der Waals surface area contributed by atoms with Crippen LogP contribution in [0.5, 0.6) is 5.75 Å². The van der Waals surface area contributed by atoms with Crippen LogP contribution >= 0.6 is 0 Å². The number of benzene rings is 1. The Morgan fingerprint density at radius 2 is 2.24 bits per heavy atom. The molecule has 1 heterocycles. The summed E-state index contributed by atoms with van der Waals surface area (Å²) in [4.78, 5) is 13.6. The fourth-order valence-electron chi connectivity index (χ4n) is 2.04. The van der Waals surface area contributed by atoms with Gasteiger partial charge in [0, 0.05) is 7.05 Å². The van der Waals surface area contributed by atoms with Gasteiger partial charge in [-0.05, 0) is 37.1 Å². The van der Waals surface area contributed by atoms with Crippen molar-refractivity contribution in [2.75, 3.05) is 18.5 Å². The molecular weight excluding hydrogens is 216 g/mol. The van der Waals surface area contributed by atoms with Crippen LogP contribution in [0.2, 0.25) is 0 Å². The quantitative estimate of drug-likeness (QED) is 0.858. The van der Waals surface area contributed by atoms with Crippen LogP contribution in [0.15, 0.2) is 18.2 Å². The first kappa shape index (κ1) is 11.9. The summed E-state index contributed by atoms with van der Waals surface area (Å²) in [6.07, 6.45) is 1.15. The van der Waals surface area contributed by atoms with Crippen LogP contribution in [0, 0.1) is 0 Å². The predicted octanol–water partition coefficient (Wildman–Crippen LogP) is 1.32. The molecule has 0 aromatic heterocycles. The van der Waals surface area contributed by atoms with Gasteiger partial charge in [-0.3, -0.25) is 4.79 Å². The summed E-state index contributed by atoms with van der Waals surface area (Å²) in [5.41, 5.74) is 7.50. The number of ether oxygens (including phenoxy) is 1. The van der Waals surface area contributed by atoms with Gasteiger partial charge >= 0.3 is 0 Å². The van der Waals surface area contributed by atoms with E-state index in [1.165, 1.54) is 0 Å². The van der Waals surface area contributed by atoms with Crippen molar-refractivity contribution in [3.8, 4) is 5.75 Å². The average molecular weight is 234 g/mol. The van der Waals surface area contributed by atoms with Crippen molar-refractivity contribution < 1.29 is 9.53 Å². The highest BCUT2D eigenvalue weighted by molar-refractivity contribution is 5.99. The number of anilines is 1. The summed E-state index contributed by atoms with van der Waals surface area (Å²) in [7, 11) is 1.79. The van der Waals surface area contributed by atoms with Crippen LogP contribution in [0.3, 0.4) is 0 Å². The van der Waals surface area contributed by atoms with E-state index < -0.39 is 0 Å². The molecule has 0 saturated carbocycles.